The SMILES string of the molecule is Cc1nn(C)cc1COc1ccc(C(F)(F)F)cc1N. The van der Waals surface area contributed by atoms with Gasteiger partial charge in [-0.2, -0.15) is 18.3 Å². The zero-order valence-corrected chi connectivity index (χ0v) is 11.0. The molecule has 4 nitrogen and oxygen atoms in total. The van der Waals surface area contributed by atoms with Crippen LogP contribution in [0.1, 0.15) is 16.8 Å². The normalized spacial score (nSPS) is 11.7. The molecule has 1 aromatic heterocycles. The molecule has 0 saturated carbocycles. The van der Waals surface area contributed by atoms with Crippen LogP contribution in [-0.2, 0) is 19.8 Å². The summed E-state index contributed by atoms with van der Waals surface area (Å²) in [6.45, 7) is 2.03. The van der Waals surface area contributed by atoms with E-state index < -0.39 is 11.7 Å². The first-order chi connectivity index (χ1) is 9.27. The van der Waals surface area contributed by atoms with Gasteiger partial charge in [0.25, 0.3) is 0 Å². The fourth-order valence-electron chi connectivity index (χ4n) is 1.80. The molecular formula is C13H14F3N3O. The summed E-state index contributed by atoms with van der Waals surface area (Å²) in [6, 6.07) is 3.04. The first-order valence-electron chi connectivity index (χ1n) is 5.86. The van der Waals surface area contributed by atoms with Crippen molar-refractivity contribution in [3.8, 4) is 5.75 Å². The van der Waals surface area contributed by atoms with Gasteiger partial charge in [0.2, 0.25) is 0 Å². The Morgan fingerprint density at radius 3 is 2.55 bits per heavy atom. The Hall–Kier alpha value is -2.18. The molecule has 108 valence electrons. The summed E-state index contributed by atoms with van der Waals surface area (Å²) in [4.78, 5) is 0. The predicted molar refractivity (Wildman–Crippen MR) is 68.1 cm³/mol. The largest absolute Gasteiger partial charge is 0.487 e. The lowest BCUT2D eigenvalue weighted by Crippen LogP contribution is -2.06. The van der Waals surface area contributed by atoms with E-state index in [0.29, 0.717) is 0 Å². The number of aryl methyl sites for hydroxylation is 2. The smallest absolute Gasteiger partial charge is 0.416 e. The Labute approximate surface area is 114 Å². The van der Waals surface area contributed by atoms with Crippen molar-refractivity contribution in [3.63, 3.8) is 0 Å². The summed E-state index contributed by atoms with van der Waals surface area (Å²) in [5.41, 5.74) is 6.40. The molecule has 0 spiro atoms. The second kappa shape index (κ2) is 5.07. The van der Waals surface area contributed by atoms with Crippen molar-refractivity contribution >= 4 is 5.69 Å². The summed E-state index contributed by atoms with van der Waals surface area (Å²) >= 11 is 0. The van der Waals surface area contributed by atoms with Gasteiger partial charge >= 0.3 is 6.18 Å². The van der Waals surface area contributed by atoms with Crippen LogP contribution in [-0.4, -0.2) is 9.78 Å². The van der Waals surface area contributed by atoms with Crippen LogP contribution in [0.2, 0.25) is 0 Å². The fraction of sp³-hybridized carbons (Fsp3) is 0.308. The lowest BCUT2D eigenvalue weighted by Gasteiger charge is -2.11. The summed E-state index contributed by atoms with van der Waals surface area (Å²) in [5, 5.41) is 4.15. The fourth-order valence-corrected chi connectivity index (χ4v) is 1.80. The Morgan fingerprint density at radius 2 is 2.05 bits per heavy atom. The second-order valence-electron chi connectivity index (χ2n) is 4.45. The minimum Gasteiger partial charge on any atom is -0.487 e. The third-order valence-electron chi connectivity index (χ3n) is 2.84. The van der Waals surface area contributed by atoms with E-state index in [0.717, 1.165) is 23.4 Å². The molecule has 2 aromatic rings. The van der Waals surface area contributed by atoms with Gasteiger partial charge in [-0.05, 0) is 25.1 Å². The average molecular weight is 285 g/mol. The van der Waals surface area contributed by atoms with Crippen molar-refractivity contribution in [2.75, 3.05) is 5.73 Å². The van der Waals surface area contributed by atoms with E-state index >= 15 is 0 Å². The molecule has 20 heavy (non-hydrogen) atoms. The maximum atomic E-state index is 12.5. The molecule has 0 fully saturated rings. The molecule has 1 heterocycles. The number of rotatable bonds is 3. The molecule has 2 rings (SSSR count). The maximum absolute atomic E-state index is 12.5. The molecule has 0 radical (unpaired) electrons. The third-order valence-corrected chi connectivity index (χ3v) is 2.84. The summed E-state index contributed by atoms with van der Waals surface area (Å²) in [5.74, 6) is 0.223. The standard InChI is InChI=1S/C13H14F3N3O/c1-8-9(6-19(2)18-8)7-20-12-4-3-10(5-11(12)17)13(14,15)16/h3-6H,7,17H2,1-2H3. The van der Waals surface area contributed by atoms with Crippen molar-refractivity contribution in [1.29, 1.82) is 0 Å². The van der Waals surface area contributed by atoms with Crippen molar-refractivity contribution < 1.29 is 17.9 Å². The van der Waals surface area contributed by atoms with E-state index in [1.54, 1.807) is 17.9 Å². The monoisotopic (exact) mass is 285 g/mol. The van der Waals surface area contributed by atoms with Crippen LogP contribution < -0.4 is 10.5 Å². The predicted octanol–water partition coefficient (Wildman–Crippen LogP) is 2.91. The highest BCUT2D eigenvalue weighted by Gasteiger charge is 2.30. The van der Waals surface area contributed by atoms with Gasteiger partial charge in [0, 0.05) is 18.8 Å². The molecule has 0 aliphatic carbocycles. The molecule has 1 aromatic carbocycles. The number of halogens is 3. The molecule has 0 saturated heterocycles. The number of alkyl halides is 3. The minimum absolute atomic E-state index is 0.0404. The van der Waals surface area contributed by atoms with Crippen molar-refractivity contribution in [2.45, 2.75) is 19.7 Å². The first kappa shape index (κ1) is 14.2. The first-order valence-corrected chi connectivity index (χ1v) is 5.86. The van der Waals surface area contributed by atoms with Gasteiger partial charge in [-0.15, -0.1) is 0 Å². The second-order valence-corrected chi connectivity index (χ2v) is 4.45. The van der Waals surface area contributed by atoms with Crippen molar-refractivity contribution in [1.82, 2.24) is 9.78 Å². The van der Waals surface area contributed by atoms with E-state index in [1.807, 2.05) is 6.92 Å². The third kappa shape index (κ3) is 3.04. The van der Waals surface area contributed by atoms with E-state index in [1.165, 1.54) is 6.07 Å². The number of nitrogens with zero attached hydrogens (tertiary/aromatic N) is 2. The zero-order chi connectivity index (χ0) is 14.9. The van der Waals surface area contributed by atoms with Gasteiger partial charge in [-0.3, -0.25) is 4.68 Å². The Morgan fingerprint density at radius 1 is 1.35 bits per heavy atom. The summed E-state index contributed by atoms with van der Waals surface area (Å²) in [7, 11) is 1.78. The molecule has 0 aliphatic heterocycles. The number of nitrogen functional groups attached to an aromatic ring is 1. The molecule has 0 unspecified atom stereocenters. The average Bonchev–Trinajstić information content (AvgIpc) is 2.65. The molecule has 0 amide bonds. The molecule has 0 aliphatic rings. The molecule has 7 heteroatoms. The van der Waals surface area contributed by atoms with E-state index in [9.17, 15) is 13.2 Å². The lowest BCUT2D eigenvalue weighted by molar-refractivity contribution is -0.137. The highest BCUT2D eigenvalue weighted by atomic mass is 19.4. The minimum atomic E-state index is -4.41. The van der Waals surface area contributed by atoms with Crippen LogP contribution in [0.15, 0.2) is 24.4 Å². The van der Waals surface area contributed by atoms with Crippen LogP contribution in [0, 0.1) is 6.92 Å². The van der Waals surface area contributed by atoms with Gasteiger partial charge in [0.1, 0.15) is 12.4 Å². The number of aromatic nitrogens is 2. The zero-order valence-electron chi connectivity index (χ0n) is 11.0. The quantitative estimate of drug-likeness (QED) is 0.882. The van der Waals surface area contributed by atoms with Gasteiger partial charge in [0.05, 0.1) is 16.9 Å². The number of ether oxygens (including phenoxy) is 1. The summed E-state index contributed by atoms with van der Waals surface area (Å²) < 4.78 is 44.6. The summed E-state index contributed by atoms with van der Waals surface area (Å²) in [6.07, 6.45) is -2.62. The molecule has 0 bridgehead atoms. The number of nitrogens with two attached hydrogens (primary N) is 1. The van der Waals surface area contributed by atoms with Gasteiger partial charge in [-0.1, -0.05) is 0 Å². The molecular weight excluding hydrogens is 271 g/mol. The molecule has 2 N–H and O–H groups in total. The number of anilines is 1. The Kier molecular flexibility index (Phi) is 3.61. The van der Waals surface area contributed by atoms with Crippen LogP contribution >= 0.6 is 0 Å². The van der Waals surface area contributed by atoms with E-state index in [2.05, 4.69) is 5.10 Å². The Bertz CT molecular complexity index is 620. The highest BCUT2D eigenvalue weighted by Crippen LogP contribution is 2.33. The Balaban J connectivity index is 2.13. The van der Waals surface area contributed by atoms with Crippen LogP contribution in [0.5, 0.6) is 5.75 Å². The van der Waals surface area contributed by atoms with Crippen LogP contribution in [0.25, 0.3) is 0 Å². The molecule has 0 atom stereocenters. The van der Waals surface area contributed by atoms with Crippen LogP contribution in [0.4, 0.5) is 18.9 Å². The van der Waals surface area contributed by atoms with E-state index in [-0.39, 0.29) is 18.0 Å². The number of hydrogen-bond acceptors (Lipinski definition) is 3. The van der Waals surface area contributed by atoms with Crippen molar-refractivity contribution in [2.24, 2.45) is 7.05 Å². The van der Waals surface area contributed by atoms with Gasteiger partial charge < -0.3 is 10.5 Å². The highest BCUT2D eigenvalue weighted by molar-refractivity contribution is 5.54. The van der Waals surface area contributed by atoms with Gasteiger partial charge in [-0.25, -0.2) is 0 Å². The van der Waals surface area contributed by atoms with Crippen LogP contribution in [0.3, 0.4) is 0 Å². The van der Waals surface area contributed by atoms with Crippen molar-refractivity contribution in [3.05, 3.63) is 41.2 Å². The lowest BCUT2D eigenvalue weighted by atomic mass is 10.2. The van der Waals surface area contributed by atoms with E-state index in [4.69, 9.17) is 10.5 Å². The maximum Gasteiger partial charge on any atom is 0.416 e. The number of benzene rings is 1. The number of hydrogen-bond donors (Lipinski definition) is 1. The van der Waals surface area contributed by atoms with Gasteiger partial charge in [0.15, 0.2) is 0 Å². The topological polar surface area (TPSA) is 53.1 Å².